The Labute approximate surface area is 231 Å². The summed E-state index contributed by atoms with van der Waals surface area (Å²) < 4.78 is 5.40. The third kappa shape index (κ3) is 8.53. The molecule has 5 N–H and O–H groups in total. The van der Waals surface area contributed by atoms with Gasteiger partial charge in [-0.1, -0.05) is 76.0 Å². The molecule has 0 aromatic heterocycles. The number of nitrogens with zero attached hydrogens (tertiary/aromatic N) is 4. The highest BCUT2D eigenvalue weighted by molar-refractivity contribution is 6.33. The maximum absolute atomic E-state index is 9.51. The molecule has 1 heterocycles. The first-order valence-electron chi connectivity index (χ1n) is 12.0. The molecule has 0 atom stereocenters. The van der Waals surface area contributed by atoms with Crippen molar-refractivity contribution in [2.24, 2.45) is 16.0 Å². The Morgan fingerprint density at radius 2 is 1.53 bits per heavy atom. The number of hydrogen-bond donors (Lipinski definition) is 4. The Hall–Kier alpha value is -3.50. The van der Waals surface area contributed by atoms with E-state index in [1.807, 2.05) is 42.5 Å². The molecule has 1 saturated heterocycles. The van der Waals surface area contributed by atoms with Gasteiger partial charge in [-0.05, 0) is 24.3 Å². The Kier molecular flexibility index (Phi) is 11.5. The normalized spacial score (nSPS) is 14.6. The topological polar surface area (TPSA) is 127 Å². The van der Waals surface area contributed by atoms with Crippen LogP contribution in [0.3, 0.4) is 0 Å². The summed E-state index contributed by atoms with van der Waals surface area (Å²) in [4.78, 5) is 4.41. The molecular weight excluding hydrogens is 529 g/mol. The molecule has 0 aliphatic carbocycles. The first kappa shape index (κ1) is 29.1. The zero-order valence-corrected chi connectivity index (χ0v) is 22.3. The molecule has 202 valence electrons. The molecule has 0 radical (unpaired) electrons. The lowest BCUT2D eigenvalue weighted by Crippen LogP contribution is -2.48. The van der Waals surface area contributed by atoms with Crippen LogP contribution in [0, 0.1) is 0 Å². The summed E-state index contributed by atoms with van der Waals surface area (Å²) in [6.45, 7) is 3.79. The number of hydrogen-bond acceptors (Lipinski definition) is 8. The van der Waals surface area contributed by atoms with Gasteiger partial charge in [-0.3, -0.25) is 4.90 Å². The van der Waals surface area contributed by atoms with E-state index in [2.05, 4.69) is 20.1 Å². The number of oxime groups is 2. The van der Waals surface area contributed by atoms with Crippen molar-refractivity contribution in [3.05, 3.63) is 94.0 Å². The molecule has 4 rings (SSSR count). The van der Waals surface area contributed by atoms with Crippen molar-refractivity contribution in [3.63, 3.8) is 0 Å². The Balaban J connectivity index is 0.000000494. The third-order valence-corrected chi connectivity index (χ3v) is 6.40. The Morgan fingerprint density at radius 1 is 0.868 bits per heavy atom. The first-order valence-corrected chi connectivity index (χ1v) is 12.7. The van der Waals surface area contributed by atoms with Gasteiger partial charge in [0.25, 0.3) is 0 Å². The van der Waals surface area contributed by atoms with Crippen molar-refractivity contribution in [3.8, 4) is 5.75 Å². The maximum Gasteiger partial charge on any atom is 0.170 e. The monoisotopic (exact) mass is 559 g/mol. The minimum absolute atomic E-state index is 0.0248. The van der Waals surface area contributed by atoms with Crippen LogP contribution in [-0.4, -0.2) is 77.9 Å². The number of aliphatic hydroxyl groups is 1. The molecule has 1 aliphatic rings. The summed E-state index contributed by atoms with van der Waals surface area (Å²) in [5.41, 5.74) is 8.42. The minimum atomic E-state index is -0.0461. The number of piperazine rings is 1. The van der Waals surface area contributed by atoms with Crippen LogP contribution in [0.4, 0.5) is 5.69 Å². The Bertz CT molecular complexity index is 1200. The summed E-state index contributed by atoms with van der Waals surface area (Å²) >= 11 is 12.0. The molecule has 3 aromatic carbocycles. The molecule has 11 heteroatoms. The highest BCUT2D eigenvalue weighted by Crippen LogP contribution is 2.30. The lowest BCUT2D eigenvalue weighted by molar-refractivity contribution is 0.201. The molecular formula is C27H31Cl2N5O4. The number of rotatable bonds is 8. The fourth-order valence-corrected chi connectivity index (χ4v) is 4.28. The number of benzene rings is 3. The molecule has 9 nitrogen and oxygen atoms in total. The molecule has 3 aromatic rings. The smallest absolute Gasteiger partial charge is 0.170 e. The number of amidine groups is 1. The molecule has 38 heavy (non-hydrogen) atoms. The summed E-state index contributed by atoms with van der Waals surface area (Å²) in [6.07, 6.45) is 0. The van der Waals surface area contributed by atoms with Gasteiger partial charge >= 0.3 is 0 Å². The van der Waals surface area contributed by atoms with Gasteiger partial charge in [-0.2, -0.15) is 0 Å². The second kappa shape index (κ2) is 15.0. The Morgan fingerprint density at radius 3 is 2.05 bits per heavy atom. The van der Waals surface area contributed by atoms with Crippen LogP contribution in [0.15, 0.2) is 83.1 Å². The van der Waals surface area contributed by atoms with Crippen molar-refractivity contribution < 1.29 is 20.3 Å². The fraction of sp³-hybridized carbons (Fsp3) is 0.259. The predicted molar refractivity (Wildman–Crippen MR) is 151 cm³/mol. The van der Waals surface area contributed by atoms with Crippen LogP contribution >= 0.6 is 23.2 Å². The van der Waals surface area contributed by atoms with Gasteiger partial charge in [-0.15, -0.1) is 0 Å². The van der Waals surface area contributed by atoms with E-state index in [4.69, 9.17) is 44.0 Å². The van der Waals surface area contributed by atoms with Crippen molar-refractivity contribution in [2.45, 2.75) is 0 Å². The quantitative estimate of drug-likeness (QED) is 0.141. The zero-order chi connectivity index (χ0) is 27.3. The van der Waals surface area contributed by atoms with Crippen LogP contribution in [0.5, 0.6) is 5.75 Å². The standard InChI is InChI=1S/C21H26ClN5O4.C6H5Cl/c22-18-13-17(31-12-11-28)5-6-20(18)27-9-7-26(8-10-27)14-19(24-29)15-1-3-16(4-2-15)21(23)25-30;7-6-4-2-1-3-5-6/h1-6,13,28-30H,7-12,14H2,(H2,23,25);1-5H/b24-19-;. The minimum Gasteiger partial charge on any atom is -0.491 e. The largest absolute Gasteiger partial charge is 0.491 e. The SMILES string of the molecule is Clc1ccccc1.N/C(=N\O)c1ccc(/C(CN2CCN(c3ccc(OCCO)cc3Cl)CC2)=N\O)cc1. The number of halogens is 2. The van der Waals surface area contributed by atoms with E-state index in [1.54, 1.807) is 30.3 Å². The number of nitrogens with two attached hydrogens (primary N) is 1. The average Bonchev–Trinajstić information content (AvgIpc) is 2.96. The zero-order valence-electron chi connectivity index (χ0n) is 20.7. The summed E-state index contributed by atoms with van der Waals surface area (Å²) in [5, 5.41) is 35.0. The van der Waals surface area contributed by atoms with Gasteiger partial charge in [0, 0.05) is 54.9 Å². The van der Waals surface area contributed by atoms with Crippen molar-refractivity contribution in [1.29, 1.82) is 0 Å². The van der Waals surface area contributed by atoms with Crippen molar-refractivity contribution in [1.82, 2.24) is 4.90 Å². The van der Waals surface area contributed by atoms with E-state index in [1.165, 1.54) is 0 Å². The number of ether oxygens (including phenoxy) is 1. The average molecular weight is 560 g/mol. The first-order chi connectivity index (χ1) is 18.4. The molecule has 0 unspecified atom stereocenters. The van der Waals surface area contributed by atoms with E-state index in [9.17, 15) is 5.21 Å². The van der Waals surface area contributed by atoms with Gasteiger partial charge in [0.2, 0.25) is 0 Å². The van der Waals surface area contributed by atoms with Crippen LogP contribution < -0.4 is 15.4 Å². The van der Waals surface area contributed by atoms with Crippen LogP contribution in [0.25, 0.3) is 0 Å². The molecule has 1 aliphatic heterocycles. The highest BCUT2D eigenvalue weighted by atomic mass is 35.5. The van der Waals surface area contributed by atoms with E-state index < -0.39 is 0 Å². The van der Waals surface area contributed by atoms with Crippen LogP contribution in [0.1, 0.15) is 11.1 Å². The van der Waals surface area contributed by atoms with E-state index in [0.717, 1.165) is 42.5 Å². The van der Waals surface area contributed by atoms with Gasteiger partial charge in [0.1, 0.15) is 18.1 Å². The van der Waals surface area contributed by atoms with Crippen LogP contribution in [-0.2, 0) is 0 Å². The van der Waals surface area contributed by atoms with E-state index >= 15 is 0 Å². The van der Waals surface area contributed by atoms with E-state index in [0.29, 0.717) is 28.6 Å². The van der Waals surface area contributed by atoms with Crippen molar-refractivity contribution >= 4 is 40.4 Å². The summed E-state index contributed by atoms with van der Waals surface area (Å²) in [6, 6.07) is 21.9. The second-order valence-corrected chi connectivity index (χ2v) is 9.20. The van der Waals surface area contributed by atoms with Crippen LogP contribution in [0.2, 0.25) is 10.0 Å². The van der Waals surface area contributed by atoms with E-state index in [-0.39, 0.29) is 19.0 Å². The predicted octanol–water partition coefficient (Wildman–Crippen LogP) is 4.15. The number of aliphatic hydroxyl groups excluding tert-OH is 1. The lowest BCUT2D eigenvalue weighted by Gasteiger charge is -2.36. The molecule has 0 bridgehead atoms. The molecule has 0 spiro atoms. The number of anilines is 1. The second-order valence-electron chi connectivity index (χ2n) is 8.35. The lowest BCUT2D eigenvalue weighted by atomic mass is 10.1. The summed E-state index contributed by atoms with van der Waals surface area (Å²) in [5.74, 6) is 0.653. The maximum atomic E-state index is 9.51. The van der Waals surface area contributed by atoms with Crippen molar-refractivity contribution in [2.75, 3.05) is 50.8 Å². The van der Waals surface area contributed by atoms with Gasteiger partial charge in [0.05, 0.1) is 17.3 Å². The molecule has 0 amide bonds. The molecule has 1 fully saturated rings. The van der Waals surface area contributed by atoms with Gasteiger partial charge in [-0.25, -0.2) is 0 Å². The summed E-state index contributed by atoms with van der Waals surface area (Å²) in [7, 11) is 0. The molecule has 0 saturated carbocycles. The van der Waals surface area contributed by atoms with Gasteiger partial charge < -0.3 is 30.9 Å². The fourth-order valence-electron chi connectivity index (χ4n) is 3.84. The van der Waals surface area contributed by atoms with Gasteiger partial charge in [0.15, 0.2) is 5.84 Å². The third-order valence-electron chi connectivity index (χ3n) is 5.84. The highest BCUT2D eigenvalue weighted by Gasteiger charge is 2.21.